The Hall–Kier alpha value is -1.19. The Morgan fingerprint density at radius 3 is 2.43 bits per heavy atom. The summed E-state index contributed by atoms with van der Waals surface area (Å²) in [6.07, 6.45) is 0. The van der Waals surface area contributed by atoms with Gasteiger partial charge >= 0.3 is 0 Å². The lowest BCUT2D eigenvalue weighted by Gasteiger charge is -2.19. The SMILES string of the molecule is Cc1ccc(SCc2ccc(CNC(C)(C)C)o2)c(C)c1. The molecule has 0 spiro atoms. The van der Waals surface area contributed by atoms with Crippen LogP contribution in [0.4, 0.5) is 0 Å². The third-order valence-electron chi connectivity index (χ3n) is 3.21. The highest BCUT2D eigenvalue weighted by Gasteiger charge is 2.10. The summed E-state index contributed by atoms with van der Waals surface area (Å²) < 4.78 is 5.88. The summed E-state index contributed by atoms with van der Waals surface area (Å²) in [7, 11) is 0. The quantitative estimate of drug-likeness (QED) is 0.780. The highest BCUT2D eigenvalue weighted by atomic mass is 32.2. The first-order valence-corrected chi connectivity index (χ1v) is 8.35. The van der Waals surface area contributed by atoms with Gasteiger partial charge in [-0.25, -0.2) is 0 Å². The van der Waals surface area contributed by atoms with Crippen LogP contribution in [0, 0.1) is 13.8 Å². The number of nitrogens with one attached hydrogen (secondary N) is 1. The van der Waals surface area contributed by atoms with E-state index in [1.165, 1.54) is 16.0 Å². The second-order valence-electron chi connectivity index (χ2n) is 6.53. The van der Waals surface area contributed by atoms with Crippen molar-refractivity contribution in [3.63, 3.8) is 0 Å². The summed E-state index contributed by atoms with van der Waals surface area (Å²) >= 11 is 1.83. The Kier molecular flexibility index (Phi) is 5.17. The summed E-state index contributed by atoms with van der Waals surface area (Å²) in [6.45, 7) is 11.5. The number of rotatable bonds is 5. The van der Waals surface area contributed by atoms with Gasteiger partial charge in [-0.15, -0.1) is 11.8 Å². The Bertz CT molecular complexity index is 596. The molecule has 1 N–H and O–H groups in total. The normalized spacial score (nSPS) is 11.9. The zero-order chi connectivity index (χ0) is 15.5. The van der Waals surface area contributed by atoms with E-state index in [9.17, 15) is 0 Å². The molecule has 0 atom stereocenters. The van der Waals surface area contributed by atoms with Gasteiger partial charge in [-0.1, -0.05) is 17.7 Å². The van der Waals surface area contributed by atoms with Crippen LogP contribution in [0.3, 0.4) is 0 Å². The number of furan rings is 1. The van der Waals surface area contributed by atoms with Gasteiger partial charge in [0, 0.05) is 10.4 Å². The van der Waals surface area contributed by atoms with Crippen LogP contribution in [0.15, 0.2) is 39.6 Å². The van der Waals surface area contributed by atoms with Gasteiger partial charge < -0.3 is 9.73 Å². The van der Waals surface area contributed by atoms with Crippen LogP contribution in [-0.2, 0) is 12.3 Å². The first-order valence-electron chi connectivity index (χ1n) is 7.36. The molecule has 0 amide bonds. The van der Waals surface area contributed by atoms with E-state index >= 15 is 0 Å². The molecule has 1 aromatic heterocycles. The monoisotopic (exact) mass is 303 g/mol. The van der Waals surface area contributed by atoms with Gasteiger partial charge in [0.1, 0.15) is 11.5 Å². The third-order valence-corrected chi connectivity index (χ3v) is 4.41. The largest absolute Gasteiger partial charge is 0.464 e. The fourth-order valence-electron chi connectivity index (χ4n) is 2.06. The van der Waals surface area contributed by atoms with Gasteiger partial charge in [0.05, 0.1) is 12.3 Å². The summed E-state index contributed by atoms with van der Waals surface area (Å²) in [6, 6.07) is 10.7. The molecule has 1 heterocycles. The molecule has 2 nitrogen and oxygen atoms in total. The molecule has 2 aromatic rings. The fraction of sp³-hybridized carbons (Fsp3) is 0.444. The van der Waals surface area contributed by atoms with E-state index in [4.69, 9.17) is 4.42 Å². The van der Waals surface area contributed by atoms with Crippen molar-refractivity contribution in [3.05, 3.63) is 53.0 Å². The minimum absolute atomic E-state index is 0.112. The smallest absolute Gasteiger partial charge is 0.118 e. The molecule has 0 aliphatic carbocycles. The minimum Gasteiger partial charge on any atom is -0.464 e. The molecule has 0 unspecified atom stereocenters. The highest BCUT2D eigenvalue weighted by Crippen LogP contribution is 2.27. The molecule has 0 saturated carbocycles. The van der Waals surface area contributed by atoms with Crippen LogP contribution in [-0.4, -0.2) is 5.54 Å². The lowest BCUT2D eigenvalue weighted by molar-refractivity contribution is 0.382. The predicted molar refractivity (Wildman–Crippen MR) is 90.8 cm³/mol. The van der Waals surface area contributed by atoms with Crippen molar-refractivity contribution in [2.24, 2.45) is 0 Å². The van der Waals surface area contributed by atoms with Crippen LogP contribution < -0.4 is 5.32 Å². The first-order chi connectivity index (χ1) is 9.83. The van der Waals surface area contributed by atoms with Crippen LogP contribution >= 0.6 is 11.8 Å². The molecule has 0 bridgehead atoms. The van der Waals surface area contributed by atoms with Gasteiger partial charge in [0.15, 0.2) is 0 Å². The number of benzene rings is 1. The molecule has 2 rings (SSSR count). The Labute approximate surface area is 132 Å². The van der Waals surface area contributed by atoms with E-state index in [1.807, 2.05) is 11.8 Å². The van der Waals surface area contributed by atoms with Crippen LogP contribution in [0.2, 0.25) is 0 Å². The van der Waals surface area contributed by atoms with E-state index in [2.05, 4.69) is 70.3 Å². The number of hydrogen-bond acceptors (Lipinski definition) is 3. The number of thioether (sulfide) groups is 1. The van der Waals surface area contributed by atoms with Crippen LogP contribution in [0.5, 0.6) is 0 Å². The van der Waals surface area contributed by atoms with Gasteiger partial charge in [0.25, 0.3) is 0 Å². The van der Waals surface area contributed by atoms with E-state index < -0.39 is 0 Å². The summed E-state index contributed by atoms with van der Waals surface area (Å²) in [4.78, 5) is 1.33. The molecule has 1 aromatic carbocycles. The van der Waals surface area contributed by atoms with Gasteiger partial charge in [-0.3, -0.25) is 0 Å². The van der Waals surface area contributed by atoms with Gasteiger partial charge in [0.2, 0.25) is 0 Å². The van der Waals surface area contributed by atoms with Crippen molar-refractivity contribution in [2.75, 3.05) is 0 Å². The van der Waals surface area contributed by atoms with E-state index in [0.29, 0.717) is 0 Å². The zero-order valence-electron chi connectivity index (χ0n) is 13.6. The number of hydrogen-bond donors (Lipinski definition) is 1. The lowest BCUT2D eigenvalue weighted by Crippen LogP contribution is -2.34. The van der Waals surface area contributed by atoms with Gasteiger partial charge in [-0.2, -0.15) is 0 Å². The lowest BCUT2D eigenvalue weighted by atomic mass is 10.1. The summed E-state index contributed by atoms with van der Waals surface area (Å²) in [5.74, 6) is 2.91. The molecule has 3 heteroatoms. The number of aryl methyl sites for hydroxylation is 2. The highest BCUT2D eigenvalue weighted by molar-refractivity contribution is 7.98. The summed E-state index contributed by atoms with van der Waals surface area (Å²) in [5.41, 5.74) is 2.76. The van der Waals surface area contributed by atoms with Crippen molar-refractivity contribution >= 4 is 11.8 Å². The van der Waals surface area contributed by atoms with E-state index in [1.54, 1.807) is 0 Å². The minimum atomic E-state index is 0.112. The Morgan fingerprint density at radius 1 is 1.05 bits per heavy atom. The third kappa shape index (κ3) is 5.25. The van der Waals surface area contributed by atoms with Gasteiger partial charge in [-0.05, 0) is 58.4 Å². The fourth-order valence-corrected chi connectivity index (χ4v) is 2.96. The van der Waals surface area contributed by atoms with E-state index in [0.717, 1.165) is 23.8 Å². The molecule has 0 fully saturated rings. The maximum Gasteiger partial charge on any atom is 0.118 e. The second-order valence-corrected chi connectivity index (χ2v) is 7.55. The van der Waals surface area contributed by atoms with Crippen molar-refractivity contribution < 1.29 is 4.42 Å². The second kappa shape index (κ2) is 6.71. The maximum atomic E-state index is 5.88. The molecule has 114 valence electrons. The van der Waals surface area contributed by atoms with Crippen LogP contribution in [0.25, 0.3) is 0 Å². The first kappa shape index (κ1) is 16.2. The maximum absolute atomic E-state index is 5.88. The average molecular weight is 303 g/mol. The van der Waals surface area contributed by atoms with Crippen LogP contribution in [0.1, 0.15) is 43.4 Å². The molecule has 0 radical (unpaired) electrons. The average Bonchev–Trinajstić information content (AvgIpc) is 2.82. The molecule has 0 aliphatic rings. The Morgan fingerprint density at radius 2 is 1.76 bits per heavy atom. The van der Waals surface area contributed by atoms with Crippen molar-refractivity contribution in [3.8, 4) is 0 Å². The zero-order valence-corrected chi connectivity index (χ0v) is 14.4. The Balaban J connectivity index is 1.90. The molecular formula is C18H25NOS. The molecule has 0 aliphatic heterocycles. The van der Waals surface area contributed by atoms with Crippen molar-refractivity contribution in [1.82, 2.24) is 5.32 Å². The molecule has 0 saturated heterocycles. The van der Waals surface area contributed by atoms with Crippen molar-refractivity contribution in [2.45, 2.75) is 57.4 Å². The standard InChI is InChI=1S/C18H25NOS/c1-13-6-9-17(14(2)10-13)21-12-16-8-7-15(20-16)11-19-18(3,4)5/h6-10,19H,11-12H2,1-5H3. The van der Waals surface area contributed by atoms with Crippen molar-refractivity contribution in [1.29, 1.82) is 0 Å². The predicted octanol–water partition coefficient (Wildman–Crippen LogP) is 5.08. The molecule has 21 heavy (non-hydrogen) atoms. The molecular weight excluding hydrogens is 278 g/mol. The topological polar surface area (TPSA) is 25.2 Å². The van der Waals surface area contributed by atoms with E-state index in [-0.39, 0.29) is 5.54 Å². The summed E-state index contributed by atoms with van der Waals surface area (Å²) in [5, 5.41) is 3.44.